The van der Waals surface area contributed by atoms with Gasteiger partial charge in [0.25, 0.3) is 11.6 Å². The largest absolute Gasteiger partial charge is 0.333 e. The van der Waals surface area contributed by atoms with Crippen LogP contribution in [0.25, 0.3) is 0 Å². The van der Waals surface area contributed by atoms with Crippen LogP contribution in [0.4, 0.5) is 20.2 Å². The monoisotopic (exact) mass is 370 g/mol. The van der Waals surface area contributed by atoms with Gasteiger partial charge in [-0.05, 0) is 37.3 Å². The van der Waals surface area contributed by atoms with E-state index in [1.165, 1.54) is 24.3 Å². The van der Waals surface area contributed by atoms with Crippen LogP contribution in [-0.2, 0) is 4.79 Å². The zero-order valence-electron chi connectivity index (χ0n) is 13.1. The van der Waals surface area contributed by atoms with Crippen LogP contribution in [0.15, 0.2) is 36.4 Å². The zero-order valence-corrected chi connectivity index (χ0v) is 13.9. The maximum Gasteiger partial charge on any atom is 0.292 e. The van der Waals surface area contributed by atoms with Crippen LogP contribution in [0.1, 0.15) is 18.5 Å². The Morgan fingerprint density at radius 1 is 1.28 bits per heavy atom. The molecule has 1 atom stereocenters. The van der Waals surface area contributed by atoms with E-state index in [2.05, 4.69) is 5.32 Å². The average molecular weight is 371 g/mol. The van der Waals surface area contributed by atoms with E-state index in [0.29, 0.717) is 5.56 Å². The number of nitro groups is 1. The number of quaternary nitrogens is 1. The Kier molecular flexibility index (Phi) is 6.00. The minimum Gasteiger partial charge on any atom is -0.333 e. The van der Waals surface area contributed by atoms with Crippen LogP contribution < -0.4 is 10.6 Å². The lowest BCUT2D eigenvalue weighted by atomic mass is 10.1. The fraction of sp³-hybridized carbons (Fsp3) is 0.188. The van der Waals surface area contributed by atoms with Gasteiger partial charge >= 0.3 is 0 Å². The van der Waals surface area contributed by atoms with Crippen molar-refractivity contribution in [1.82, 2.24) is 0 Å². The highest BCUT2D eigenvalue weighted by Crippen LogP contribution is 2.27. The van der Waals surface area contributed by atoms with Gasteiger partial charge in [0.15, 0.2) is 18.2 Å². The van der Waals surface area contributed by atoms with Crippen LogP contribution in [0.2, 0.25) is 5.02 Å². The van der Waals surface area contributed by atoms with Crippen molar-refractivity contribution in [2.75, 3.05) is 11.9 Å². The third-order valence-electron chi connectivity index (χ3n) is 3.56. The standard InChI is InChI=1S/C16H14ClF2N3O3/c1-9(10-2-4-12(18)13(19)6-10)20-8-16(23)21-14-7-11(17)3-5-15(14)22(24)25/h2-7,9,20H,8H2,1H3,(H,21,23)/p+1/t9-/m1/s1. The van der Waals surface area contributed by atoms with Crippen LogP contribution in [-0.4, -0.2) is 17.4 Å². The van der Waals surface area contributed by atoms with Crippen LogP contribution in [0, 0.1) is 21.7 Å². The fourth-order valence-corrected chi connectivity index (χ4v) is 2.36. The maximum atomic E-state index is 13.2. The van der Waals surface area contributed by atoms with Crippen LogP contribution >= 0.6 is 11.6 Å². The first-order valence-corrected chi connectivity index (χ1v) is 7.68. The predicted octanol–water partition coefficient (Wildman–Crippen LogP) is 2.79. The molecule has 2 aromatic rings. The number of carbonyl (C=O) groups is 1. The Balaban J connectivity index is 2.00. The molecule has 25 heavy (non-hydrogen) atoms. The number of benzene rings is 2. The van der Waals surface area contributed by atoms with E-state index in [0.717, 1.165) is 12.1 Å². The Bertz CT molecular complexity index is 817. The summed E-state index contributed by atoms with van der Waals surface area (Å²) in [5, 5.41) is 15.2. The van der Waals surface area contributed by atoms with Crippen molar-refractivity contribution in [3.63, 3.8) is 0 Å². The van der Waals surface area contributed by atoms with Crippen LogP contribution in [0.3, 0.4) is 0 Å². The number of hydrogen-bond donors (Lipinski definition) is 2. The SMILES string of the molecule is C[C@@H]([NH2+]CC(=O)Nc1cc(Cl)ccc1[N+](=O)[O-])c1ccc(F)c(F)c1. The lowest BCUT2D eigenvalue weighted by Gasteiger charge is -2.11. The summed E-state index contributed by atoms with van der Waals surface area (Å²) in [4.78, 5) is 22.4. The molecule has 0 bridgehead atoms. The minimum atomic E-state index is -0.961. The van der Waals surface area contributed by atoms with Gasteiger partial charge in [-0.3, -0.25) is 14.9 Å². The second-order valence-corrected chi connectivity index (χ2v) is 5.81. The van der Waals surface area contributed by atoms with Crippen LogP contribution in [0.5, 0.6) is 0 Å². The van der Waals surface area contributed by atoms with Gasteiger partial charge < -0.3 is 10.6 Å². The van der Waals surface area contributed by atoms with Crippen molar-refractivity contribution >= 4 is 28.9 Å². The highest BCUT2D eigenvalue weighted by molar-refractivity contribution is 6.31. The average Bonchev–Trinajstić information content (AvgIpc) is 2.55. The van der Waals surface area contributed by atoms with Gasteiger partial charge in [-0.25, -0.2) is 8.78 Å². The van der Waals surface area contributed by atoms with E-state index in [9.17, 15) is 23.7 Å². The number of nitrogens with zero attached hydrogens (tertiary/aromatic N) is 1. The third kappa shape index (κ3) is 4.94. The Morgan fingerprint density at radius 2 is 2.00 bits per heavy atom. The molecule has 0 saturated carbocycles. The molecule has 0 unspecified atom stereocenters. The van der Waals surface area contributed by atoms with Crippen molar-refractivity contribution in [1.29, 1.82) is 0 Å². The summed E-state index contributed by atoms with van der Waals surface area (Å²) in [6.45, 7) is 1.66. The van der Waals surface area contributed by atoms with Gasteiger partial charge in [-0.15, -0.1) is 0 Å². The fourth-order valence-electron chi connectivity index (χ4n) is 2.18. The molecule has 2 rings (SSSR count). The number of carbonyl (C=O) groups excluding carboxylic acids is 1. The third-order valence-corrected chi connectivity index (χ3v) is 3.79. The first-order valence-electron chi connectivity index (χ1n) is 7.30. The molecule has 9 heteroatoms. The first kappa shape index (κ1) is 18.8. The molecule has 0 heterocycles. The Morgan fingerprint density at radius 3 is 2.64 bits per heavy atom. The summed E-state index contributed by atoms with van der Waals surface area (Å²) in [7, 11) is 0. The number of nitrogens with one attached hydrogen (secondary N) is 1. The summed E-state index contributed by atoms with van der Waals surface area (Å²) in [5.41, 5.74) is 0.239. The molecule has 0 aliphatic heterocycles. The molecule has 0 aliphatic rings. The number of anilines is 1. The van der Waals surface area contributed by atoms with Crippen molar-refractivity contribution in [2.45, 2.75) is 13.0 Å². The second-order valence-electron chi connectivity index (χ2n) is 5.37. The number of halogens is 3. The Hall–Kier alpha value is -2.58. The minimum absolute atomic E-state index is 0.00335. The van der Waals surface area contributed by atoms with E-state index < -0.39 is 22.5 Å². The maximum absolute atomic E-state index is 13.2. The second kappa shape index (κ2) is 8.00. The number of hydrogen-bond acceptors (Lipinski definition) is 3. The number of amides is 1. The quantitative estimate of drug-likeness (QED) is 0.605. The molecular formula is C16H15ClF2N3O3+. The molecule has 132 valence electrons. The van der Waals surface area contributed by atoms with Gasteiger partial charge in [0.2, 0.25) is 0 Å². The summed E-state index contributed by atoms with van der Waals surface area (Å²) in [5.74, 6) is -2.39. The molecule has 0 aliphatic carbocycles. The molecule has 6 nitrogen and oxygen atoms in total. The van der Waals surface area contributed by atoms with Gasteiger partial charge in [-0.1, -0.05) is 11.6 Å². The van der Waals surface area contributed by atoms with Crippen molar-refractivity contribution in [3.8, 4) is 0 Å². The van der Waals surface area contributed by atoms with E-state index >= 15 is 0 Å². The van der Waals surface area contributed by atoms with Gasteiger partial charge in [0, 0.05) is 16.7 Å². The van der Waals surface area contributed by atoms with Gasteiger partial charge in [0.1, 0.15) is 11.7 Å². The zero-order chi connectivity index (χ0) is 18.6. The molecule has 0 radical (unpaired) electrons. The van der Waals surface area contributed by atoms with Crippen molar-refractivity contribution in [2.24, 2.45) is 0 Å². The summed E-state index contributed by atoms with van der Waals surface area (Å²) < 4.78 is 26.2. The van der Waals surface area contributed by atoms with E-state index in [1.54, 1.807) is 12.2 Å². The highest BCUT2D eigenvalue weighted by Gasteiger charge is 2.18. The summed E-state index contributed by atoms with van der Waals surface area (Å²) in [6, 6.07) is 7.05. The topological polar surface area (TPSA) is 88.8 Å². The lowest BCUT2D eigenvalue weighted by Crippen LogP contribution is -2.86. The molecule has 0 aromatic heterocycles. The molecule has 0 fully saturated rings. The molecule has 3 N–H and O–H groups in total. The molecule has 0 spiro atoms. The summed E-state index contributed by atoms with van der Waals surface area (Å²) in [6.07, 6.45) is 0. The van der Waals surface area contributed by atoms with Crippen molar-refractivity contribution in [3.05, 3.63) is 68.7 Å². The smallest absolute Gasteiger partial charge is 0.292 e. The van der Waals surface area contributed by atoms with Gasteiger partial charge in [0.05, 0.1) is 4.92 Å². The van der Waals surface area contributed by atoms with E-state index in [4.69, 9.17) is 11.6 Å². The molecule has 2 aromatic carbocycles. The summed E-state index contributed by atoms with van der Waals surface area (Å²) >= 11 is 5.79. The highest BCUT2D eigenvalue weighted by atomic mass is 35.5. The number of nitro benzene ring substituents is 1. The van der Waals surface area contributed by atoms with E-state index in [1.807, 2.05) is 0 Å². The molecular weight excluding hydrogens is 356 g/mol. The Labute approximate surface area is 146 Å². The number of nitrogens with two attached hydrogens (primary N) is 1. The predicted molar refractivity (Wildman–Crippen MR) is 88.3 cm³/mol. The van der Waals surface area contributed by atoms with Gasteiger partial charge in [-0.2, -0.15) is 0 Å². The molecule has 0 saturated heterocycles. The number of rotatable bonds is 6. The van der Waals surface area contributed by atoms with Crippen molar-refractivity contribution < 1.29 is 23.8 Å². The lowest BCUT2D eigenvalue weighted by molar-refractivity contribution is -0.682. The molecule has 1 amide bonds. The van der Waals surface area contributed by atoms with E-state index in [-0.39, 0.29) is 29.0 Å². The normalized spacial score (nSPS) is 11.8. The first-order chi connectivity index (χ1) is 11.8.